The lowest BCUT2D eigenvalue weighted by Crippen LogP contribution is -2.29. The minimum atomic E-state index is -0.733. The molecule has 0 aliphatic heterocycles. The number of amides is 2. The van der Waals surface area contributed by atoms with Gasteiger partial charge in [-0.1, -0.05) is 23.7 Å². The predicted octanol–water partition coefficient (Wildman–Crippen LogP) is 3.84. The third-order valence-corrected chi connectivity index (χ3v) is 3.90. The van der Waals surface area contributed by atoms with Gasteiger partial charge in [0, 0.05) is 16.4 Å². The number of nitrogens with one attached hydrogen (secondary N) is 2. The molecule has 0 fully saturated rings. The van der Waals surface area contributed by atoms with Crippen LogP contribution in [0.5, 0.6) is 0 Å². The first-order valence-corrected chi connectivity index (χ1v) is 7.21. The number of hydrogen-bond donors (Lipinski definition) is 2. The molecule has 0 unspecified atom stereocenters. The second-order valence-electron chi connectivity index (χ2n) is 5.12. The molecular formula is C17H17ClN2O2. The molecule has 0 bridgehead atoms. The summed E-state index contributed by atoms with van der Waals surface area (Å²) >= 11 is 5.99. The Bertz CT molecular complexity index is 741. The molecule has 2 aromatic rings. The summed E-state index contributed by atoms with van der Waals surface area (Å²) in [6.07, 6.45) is 0. The number of rotatable bonds is 2. The number of carbonyl (C=O) groups is 2. The van der Waals surface area contributed by atoms with Crippen LogP contribution in [0, 0.1) is 20.8 Å². The second kappa shape index (κ2) is 6.62. The standard InChI is InChI=1S/C17H17ClN2O2/c1-10-7-8-13(9-11(10)2)19-16(21)17(22)20-15-6-4-5-14(18)12(15)3/h4-9H,1-3H3,(H,19,21)(H,20,22). The highest BCUT2D eigenvalue weighted by Crippen LogP contribution is 2.23. The van der Waals surface area contributed by atoms with Crippen LogP contribution in [-0.4, -0.2) is 11.8 Å². The van der Waals surface area contributed by atoms with E-state index in [0.717, 1.165) is 16.7 Å². The van der Waals surface area contributed by atoms with Gasteiger partial charge < -0.3 is 10.6 Å². The number of halogens is 1. The fourth-order valence-corrected chi connectivity index (χ4v) is 2.10. The first-order valence-electron chi connectivity index (χ1n) is 6.83. The van der Waals surface area contributed by atoms with Gasteiger partial charge in [-0.05, 0) is 61.7 Å². The maximum atomic E-state index is 12.0. The van der Waals surface area contributed by atoms with E-state index in [1.807, 2.05) is 26.0 Å². The molecule has 0 spiro atoms. The molecule has 2 amide bonds. The van der Waals surface area contributed by atoms with Gasteiger partial charge in [-0.25, -0.2) is 0 Å². The number of benzene rings is 2. The molecule has 0 saturated carbocycles. The molecule has 2 rings (SSSR count). The highest BCUT2D eigenvalue weighted by Gasteiger charge is 2.15. The smallest absolute Gasteiger partial charge is 0.314 e. The van der Waals surface area contributed by atoms with Crippen molar-refractivity contribution >= 4 is 34.8 Å². The van der Waals surface area contributed by atoms with Crippen molar-refractivity contribution in [3.8, 4) is 0 Å². The molecule has 114 valence electrons. The number of anilines is 2. The highest BCUT2D eigenvalue weighted by atomic mass is 35.5. The lowest BCUT2D eigenvalue weighted by atomic mass is 10.1. The number of aryl methyl sites for hydroxylation is 2. The van der Waals surface area contributed by atoms with Crippen LogP contribution in [0.3, 0.4) is 0 Å². The maximum absolute atomic E-state index is 12.0. The summed E-state index contributed by atoms with van der Waals surface area (Å²) in [6.45, 7) is 5.70. The maximum Gasteiger partial charge on any atom is 0.314 e. The molecule has 0 atom stereocenters. The fraction of sp³-hybridized carbons (Fsp3) is 0.176. The van der Waals surface area contributed by atoms with Crippen LogP contribution in [0.2, 0.25) is 5.02 Å². The van der Waals surface area contributed by atoms with Gasteiger partial charge in [0.1, 0.15) is 0 Å². The molecule has 2 N–H and O–H groups in total. The van der Waals surface area contributed by atoms with Crippen LogP contribution in [0.25, 0.3) is 0 Å². The molecule has 0 heterocycles. The average molecular weight is 317 g/mol. The van der Waals surface area contributed by atoms with Crippen molar-refractivity contribution in [2.45, 2.75) is 20.8 Å². The summed E-state index contributed by atoms with van der Waals surface area (Å²) in [5.74, 6) is -1.45. The van der Waals surface area contributed by atoms with Crippen molar-refractivity contribution in [1.82, 2.24) is 0 Å². The summed E-state index contributed by atoms with van der Waals surface area (Å²) in [6, 6.07) is 10.6. The molecule has 5 heteroatoms. The van der Waals surface area contributed by atoms with Gasteiger partial charge >= 0.3 is 11.8 Å². The van der Waals surface area contributed by atoms with Crippen molar-refractivity contribution in [2.75, 3.05) is 10.6 Å². The Balaban J connectivity index is 2.07. The molecule has 22 heavy (non-hydrogen) atoms. The first kappa shape index (κ1) is 16.0. The molecule has 0 aliphatic rings. The normalized spacial score (nSPS) is 10.2. The monoisotopic (exact) mass is 316 g/mol. The van der Waals surface area contributed by atoms with Gasteiger partial charge in [0.2, 0.25) is 0 Å². The third kappa shape index (κ3) is 3.65. The van der Waals surface area contributed by atoms with Crippen molar-refractivity contribution in [1.29, 1.82) is 0 Å². The largest absolute Gasteiger partial charge is 0.318 e. The zero-order valence-corrected chi connectivity index (χ0v) is 13.4. The second-order valence-corrected chi connectivity index (χ2v) is 5.53. The van der Waals surface area contributed by atoms with Crippen molar-refractivity contribution in [3.63, 3.8) is 0 Å². The van der Waals surface area contributed by atoms with E-state index < -0.39 is 11.8 Å². The van der Waals surface area contributed by atoms with Crippen LogP contribution in [0.1, 0.15) is 16.7 Å². The Kier molecular flexibility index (Phi) is 4.83. The highest BCUT2D eigenvalue weighted by molar-refractivity contribution is 6.44. The van der Waals surface area contributed by atoms with E-state index in [1.54, 1.807) is 31.2 Å². The Hall–Kier alpha value is -2.33. The molecule has 0 saturated heterocycles. The molecule has 4 nitrogen and oxygen atoms in total. The van der Waals surface area contributed by atoms with E-state index in [0.29, 0.717) is 16.4 Å². The van der Waals surface area contributed by atoms with E-state index in [4.69, 9.17) is 11.6 Å². The van der Waals surface area contributed by atoms with Crippen LogP contribution < -0.4 is 10.6 Å². The minimum Gasteiger partial charge on any atom is -0.318 e. The summed E-state index contributed by atoms with van der Waals surface area (Å²) in [5.41, 5.74) is 4.00. The zero-order chi connectivity index (χ0) is 16.3. The Morgan fingerprint density at radius 2 is 1.59 bits per heavy atom. The molecule has 2 aromatic carbocycles. The average Bonchev–Trinajstić information content (AvgIpc) is 2.47. The minimum absolute atomic E-state index is 0.521. The molecular weight excluding hydrogens is 300 g/mol. The van der Waals surface area contributed by atoms with Crippen molar-refractivity contribution in [3.05, 3.63) is 58.1 Å². The van der Waals surface area contributed by atoms with Crippen molar-refractivity contribution in [2.24, 2.45) is 0 Å². The van der Waals surface area contributed by atoms with Crippen molar-refractivity contribution < 1.29 is 9.59 Å². The SMILES string of the molecule is Cc1ccc(NC(=O)C(=O)Nc2cccc(Cl)c2C)cc1C. The first-order chi connectivity index (χ1) is 10.4. The molecule has 0 aromatic heterocycles. The molecule has 0 radical (unpaired) electrons. The molecule has 0 aliphatic carbocycles. The van der Waals surface area contributed by atoms with E-state index in [1.165, 1.54) is 0 Å². The Morgan fingerprint density at radius 3 is 2.27 bits per heavy atom. The van der Waals surface area contributed by atoms with Crippen LogP contribution >= 0.6 is 11.6 Å². The topological polar surface area (TPSA) is 58.2 Å². The van der Waals surface area contributed by atoms with Crippen LogP contribution in [0.4, 0.5) is 11.4 Å². The summed E-state index contributed by atoms with van der Waals surface area (Å²) in [4.78, 5) is 23.9. The van der Waals surface area contributed by atoms with E-state index in [-0.39, 0.29) is 0 Å². The van der Waals surface area contributed by atoms with E-state index in [2.05, 4.69) is 10.6 Å². The third-order valence-electron chi connectivity index (χ3n) is 3.49. The quantitative estimate of drug-likeness (QED) is 0.827. The van der Waals surface area contributed by atoms with Crippen LogP contribution in [-0.2, 0) is 9.59 Å². The van der Waals surface area contributed by atoms with Gasteiger partial charge in [-0.15, -0.1) is 0 Å². The van der Waals surface area contributed by atoms with Gasteiger partial charge in [0.25, 0.3) is 0 Å². The lowest BCUT2D eigenvalue weighted by molar-refractivity contribution is -0.133. The fourth-order valence-electron chi connectivity index (χ4n) is 1.93. The predicted molar refractivity (Wildman–Crippen MR) is 89.4 cm³/mol. The number of carbonyl (C=O) groups excluding carboxylic acids is 2. The zero-order valence-electron chi connectivity index (χ0n) is 12.7. The van der Waals surface area contributed by atoms with Crippen LogP contribution in [0.15, 0.2) is 36.4 Å². The summed E-state index contributed by atoms with van der Waals surface area (Å²) in [5, 5.41) is 5.68. The summed E-state index contributed by atoms with van der Waals surface area (Å²) < 4.78 is 0. The van der Waals surface area contributed by atoms with E-state index >= 15 is 0 Å². The van der Waals surface area contributed by atoms with Gasteiger partial charge in [-0.3, -0.25) is 9.59 Å². The Morgan fingerprint density at radius 1 is 0.909 bits per heavy atom. The Labute approximate surface area is 134 Å². The van der Waals surface area contributed by atoms with E-state index in [9.17, 15) is 9.59 Å². The van der Waals surface area contributed by atoms with Gasteiger partial charge in [0.05, 0.1) is 0 Å². The van der Waals surface area contributed by atoms with Gasteiger partial charge in [-0.2, -0.15) is 0 Å². The lowest BCUT2D eigenvalue weighted by Gasteiger charge is -2.10. The number of hydrogen-bond acceptors (Lipinski definition) is 2. The summed E-state index contributed by atoms with van der Waals surface area (Å²) in [7, 11) is 0. The van der Waals surface area contributed by atoms with Gasteiger partial charge in [0.15, 0.2) is 0 Å².